The van der Waals surface area contributed by atoms with Crippen LogP contribution in [-0.4, -0.2) is 35.4 Å². The van der Waals surface area contributed by atoms with Gasteiger partial charge in [-0.1, -0.05) is 5.16 Å². The number of nitrogens with zero attached hydrogens (tertiary/aromatic N) is 1. The summed E-state index contributed by atoms with van der Waals surface area (Å²) in [6.45, 7) is 1.58. The molecule has 2 rings (SSSR count). The molecular formula is C9H13N3O3. The van der Waals surface area contributed by atoms with Crippen LogP contribution in [0.4, 0.5) is 0 Å². The molecule has 82 valence electrons. The highest BCUT2D eigenvalue weighted by Crippen LogP contribution is 2.24. The molecule has 0 aliphatic carbocycles. The number of nitrogens with two attached hydrogens (primary N) is 1. The molecule has 0 amide bonds. The lowest BCUT2D eigenvalue weighted by atomic mass is 9.91. The molecular weight excluding hydrogens is 198 g/mol. The topological polar surface area (TPSA) is 101 Å². The SMILES string of the molecule is NC1CNCCC1c1cc(C(=O)O)no1. The van der Waals surface area contributed by atoms with Crippen LogP contribution in [0.3, 0.4) is 0 Å². The quantitative estimate of drug-likeness (QED) is 0.625. The zero-order valence-corrected chi connectivity index (χ0v) is 8.14. The minimum absolute atomic E-state index is 0.0478. The normalized spacial score (nSPS) is 26.5. The van der Waals surface area contributed by atoms with Gasteiger partial charge in [0.05, 0.1) is 0 Å². The lowest BCUT2D eigenvalue weighted by Crippen LogP contribution is -2.44. The third-order valence-electron chi connectivity index (χ3n) is 2.64. The highest BCUT2D eigenvalue weighted by atomic mass is 16.5. The molecule has 2 heterocycles. The van der Waals surface area contributed by atoms with Crippen LogP contribution < -0.4 is 11.1 Å². The third kappa shape index (κ3) is 2.00. The summed E-state index contributed by atoms with van der Waals surface area (Å²) in [4.78, 5) is 10.6. The molecule has 0 bridgehead atoms. The second kappa shape index (κ2) is 4.00. The van der Waals surface area contributed by atoms with Gasteiger partial charge in [-0.25, -0.2) is 4.79 Å². The lowest BCUT2D eigenvalue weighted by molar-refractivity contribution is 0.0685. The van der Waals surface area contributed by atoms with Crippen LogP contribution in [0.2, 0.25) is 0 Å². The second-order valence-electron chi connectivity index (χ2n) is 3.68. The molecule has 6 heteroatoms. The Morgan fingerprint density at radius 2 is 2.53 bits per heavy atom. The highest BCUT2D eigenvalue weighted by molar-refractivity contribution is 5.85. The van der Waals surface area contributed by atoms with Crippen LogP contribution in [-0.2, 0) is 0 Å². The van der Waals surface area contributed by atoms with E-state index in [1.54, 1.807) is 0 Å². The maximum atomic E-state index is 10.6. The first-order chi connectivity index (χ1) is 7.18. The van der Waals surface area contributed by atoms with Crippen LogP contribution in [0.5, 0.6) is 0 Å². The smallest absolute Gasteiger partial charge is 0.358 e. The molecule has 0 saturated carbocycles. The van der Waals surface area contributed by atoms with Gasteiger partial charge in [0.15, 0.2) is 5.69 Å². The van der Waals surface area contributed by atoms with Crippen molar-refractivity contribution < 1.29 is 14.4 Å². The Labute approximate surface area is 86.4 Å². The van der Waals surface area contributed by atoms with E-state index in [9.17, 15) is 4.79 Å². The number of aromatic nitrogens is 1. The first-order valence-corrected chi connectivity index (χ1v) is 4.84. The molecule has 0 spiro atoms. The fraction of sp³-hybridized carbons (Fsp3) is 0.556. The van der Waals surface area contributed by atoms with E-state index in [2.05, 4.69) is 10.5 Å². The highest BCUT2D eigenvalue weighted by Gasteiger charge is 2.27. The fourth-order valence-electron chi connectivity index (χ4n) is 1.80. The van der Waals surface area contributed by atoms with Gasteiger partial charge in [0.25, 0.3) is 0 Å². The van der Waals surface area contributed by atoms with E-state index < -0.39 is 5.97 Å². The Hall–Kier alpha value is -1.40. The number of nitrogens with one attached hydrogen (secondary N) is 1. The number of hydrogen-bond acceptors (Lipinski definition) is 5. The molecule has 1 aliphatic rings. The van der Waals surface area contributed by atoms with Crippen molar-refractivity contribution in [1.29, 1.82) is 0 Å². The average Bonchev–Trinajstić information content (AvgIpc) is 2.67. The summed E-state index contributed by atoms with van der Waals surface area (Å²) in [5.74, 6) is -0.444. The molecule has 1 aromatic heterocycles. The number of piperidine rings is 1. The van der Waals surface area contributed by atoms with Crippen molar-refractivity contribution in [2.24, 2.45) is 5.73 Å². The molecule has 15 heavy (non-hydrogen) atoms. The molecule has 2 atom stereocenters. The summed E-state index contributed by atoms with van der Waals surface area (Å²) in [6.07, 6.45) is 0.843. The largest absolute Gasteiger partial charge is 0.476 e. The van der Waals surface area contributed by atoms with Crippen molar-refractivity contribution in [3.05, 3.63) is 17.5 Å². The van der Waals surface area contributed by atoms with Crippen LogP contribution in [0.1, 0.15) is 28.6 Å². The van der Waals surface area contributed by atoms with Crippen LogP contribution in [0.15, 0.2) is 10.6 Å². The summed E-state index contributed by atoms with van der Waals surface area (Å²) in [5.41, 5.74) is 5.84. The molecule has 1 fully saturated rings. The van der Waals surface area contributed by atoms with E-state index >= 15 is 0 Å². The van der Waals surface area contributed by atoms with E-state index in [4.69, 9.17) is 15.4 Å². The molecule has 1 aliphatic heterocycles. The lowest BCUT2D eigenvalue weighted by Gasteiger charge is -2.26. The van der Waals surface area contributed by atoms with E-state index in [1.165, 1.54) is 6.07 Å². The van der Waals surface area contributed by atoms with Crippen molar-refractivity contribution in [2.75, 3.05) is 13.1 Å². The summed E-state index contributed by atoms with van der Waals surface area (Å²) < 4.78 is 5.00. The van der Waals surface area contributed by atoms with Gasteiger partial charge in [0.2, 0.25) is 0 Å². The van der Waals surface area contributed by atoms with Crippen LogP contribution in [0, 0.1) is 0 Å². The molecule has 0 aromatic carbocycles. The first kappa shape index (κ1) is 10.1. The van der Waals surface area contributed by atoms with Gasteiger partial charge < -0.3 is 20.7 Å². The zero-order valence-electron chi connectivity index (χ0n) is 8.14. The van der Waals surface area contributed by atoms with E-state index in [-0.39, 0.29) is 17.7 Å². The fourth-order valence-corrected chi connectivity index (χ4v) is 1.80. The summed E-state index contributed by atoms with van der Waals surface area (Å²) in [6, 6.07) is 1.41. The number of carboxylic acids is 1. The van der Waals surface area contributed by atoms with Crippen molar-refractivity contribution in [2.45, 2.75) is 18.4 Å². The first-order valence-electron chi connectivity index (χ1n) is 4.84. The van der Waals surface area contributed by atoms with Gasteiger partial charge >= 0.3 is 5.97 Å². The Kier molecular flexibility index (Phi) is 2.70. The predicted octanol–water partition coefficient (Wildman–Crippen LogP) is -0.223. The Morgan fingerprint density at radius 3 is 3.13 bits per heavy atom. The number of carbonyl (C=O) groups is 1. The maximum Gasteiger partial charge on any atom is 0.358 e. The van der Waals surface area contributed by atoms with Crippen molar-refractivity contribution in [3.63, 3.8) is 0 Å². The minimum atomic E-state index is -1.08. The van der Waals surface area contributed by atoms with Crippen molar-refractivity contribution in [3.8, 4) is 0 Å². The molecule has 0 radical (unpaired) electrons. The molecule has 6 nitrogen and oxygen atoms in total. The van der Waals surface area contributed by atoms with Crippen LogP contribution >= 0.6 is 0 Å². The zero-order chi connectivity index (χ0) is 10.8. The number of hydrogen-bond donors (Lipinski definition) is 3. The monoisotopic (exact) mass is 211 g/mol. The molecule has 4 N–H and O–H groups in total. The van der Waals surface area contributed by atoms with Gasteiger partial charge in [-0.15, -0.1) is 0 Å². The van der Waals surface area contributed by atoms with Crippen molar-refractivity contribution >= 4 is 5.97 Å². The molecule has 1 saturated heterocycles. The van der Waals surface area contributed by atoms with Gasteiger partial charge in [-0.05, 0) is 13.0 Å². The number of rotatable bonds is 2. The Bertz CT molecular complexity index is 363. The van der Waals surface area contributed by atoms with Gasteiger partial charge in [0.1, 0.15) is 5.76 Å². The number of aromatic carboxylic acids is 1. The summed E-state index contributed by atoms with van der Waals surface area (Å²) in [5, 5.41) is 15.3. The Balaban J connectivity index is 2.17. The maximum absolute atomic E-state index is 10.6. The van der Waals surface area contributed by atoms with E-state index in [0.29, 0.717) is 12.3 Å². The van der Waals surface area contributed by atoms with E-state index in [1.807, 2.05) is 0 Å². The van der Waals surface area contributed by atoms with Gasteiger partial charge in [-0.3, -0.25) is 0 Å². The summed E-state index contributed by atoms with van der Waals surface area (Å²) in [7, 11) is 0. The number of carboxylic acid groups (broad SMARTS) is 1. The Morgan fingerprint density at radius 1 is 1.73 bits per heavy atom. The van der Waals surface area contributed by atoms with E-state index in [0.717, 1.165) is 13.0 Å². The van der Waals surface area contributed by atoms with Crippen LogP contribution in [0.25, 0.3) is 0 Å². The average molecular weight is 211 g/mol. The van der Waals surface area contributed by atoms with Gasteiger partial charge in [0, 0.05) is 24.6 Å². The third-order valence-corrected chi connectivity index (χ3v) is 2.64. The standard InChI is InChI=1S/C9H13N3O3/c10-6-4-11-2-1-5(6)8-3-7(9(13)14)12-15-8/h3,5-6,11H,1-2,4,10H2,(H,13,14). The van der Waals surface area contributed by atoms with Crippen molar-refractivity contribution in [1.82, 2.24) is 10.5 Å². The molecule has 2 unspecified atom stereocenters. The molecule has 1 aromatic rings. The second-order valence-corrected chi connectivity index (χ2v) is 3.68. The predicted molar refractivity (Wildman–Crippen MR) is 51.7 cm³/mol. The van der Waals surface area contributed by atoms with Gasteiger partial charge in [-0.2, -0.15) is 0 Å². The summed E-state index contributed by atoms with van der Waals surface area (Å²) >= 11 is 0. The minimum Gasteiger partial charge on any atom is -0.476 e.